The van der Waals surface area contributed by atoms with E-state index in [2.05, 4.69) is 25.0 Å². The lowest BCUT2D eigenvalue weighted by molar-refractivity contribution is 1.11. The first-order valence-corrected chi connectivity index (χ1v) is 4.00. The Bertz CT molecular complexity index is 86.3. The van der Waals surface area contributed by atoms with Crippen LogP contribution in [0.1, 0.15) is 26.7 Å². The van der Waals surface area contributed by atoms with E-state index in [0.29, 0.717) is 0 Å². The minimum absolute atomic E-state index is 0.983. The molecule has 0 bridgehead atoms. The Morgan fingerprint density at radius 3 is 2.62 bits per heavy atom. The van der Waals surface area contributed by atoms with Crippen molar-refractivity contribution in [2.75, 3.05) is 5.75 Å². The lowest BCUT2D eigenvalue weighted by Gasteiger charge is -1.81. The van der Waals surface area contributed by atoms with Crippen molar-refractivity contribution in [1.29, 1.82) is 0 Å². The molecule has 8 heavy (non-hydrogen) atoms. The first-order valence-electron chi connectivity index (χ1n) is 3.01. The van der Waals surface area contributed by atoms with Crippen LogP contribution in [0.15, 0.2) is 0 Å². The standard InChI is InChI=1S/C7H12S/c1-3-5-7-8-6-4-2/h3-4,6H2,1-2H3. The summed E-state index contributed by atoms with van der Waals surface area (Å²) in [6.45, 7) is 4.24. The molecule has 0 saturated carbocycles. The van der Waals surface area contributed by atoms with Crippen molar-refractivity contribution in [2.24, 2.45) is 0 Å². The lowest BCUT2D eigenvalue weighted by Crippen LogP contribution is -1.66. The van der Waals surface area contributed by atoms with Gasteiger partial charge in [-0.1, -0.05) is 31.5 Å². The molecule has 0 aromatic heterocycles. The molecule has 0 aliphatic carbocycles. The average molecular weight is 128 g/mol. The van der Waals surface area contributed by atoms with Crippen LogP contribution in [0.5, 0.6) is 0 Å². The Morgan fingerprint density at radius 1 is 1.38 bits per heavy atom. The van der Waals surface area contributed by atoms with Crippen molar-refractivity contribution in [1.82, 2.24) is 0 Å². The van der Waals surface area contributed by atoms with E-state index in [1.807, 2.05) is 0 Å². The molecular formula is C7H12S. The minimum atomic E-state index is 0.983. The molecule has 0 aliphatic rings. The predicted octanol–water partition coefficient (Wildman–Crippen LogP) is 2.50. The maximum absolute atomic E-state index is 3.00. The van der Waals surface area contributed by atoms with Crippen molar-refractivity contribution in [3.05, 3.63) is 0 Å². The second kappa shape index (κ2) is 6.91. The van der Waals surface area contributed by atoms with Crippen molar-refractivity contribution in [3.63, 3.8) is 0 Å². The first kappa shape index (κ1) is 7.91. The topological polar surface area (TPSA) is 0 Å². The lowest BCUT2D eigenvalue weighted by atomic mass is 10.5. The van der Waals surface area contributed by atoms with Gasteiger partial charge in [0.15, 0.2) is 0 Å². The summed E-state index contributed by atoms with van der Waals surface area (Å²) in [5.41, 5.74) is 0. The zero-order chi connectivity index (χ0) is 6.24. The fraction of sp³-hybridized carbons (Fsp3) is 0.714. The predicted molar refractivity (Wildman–Crippen MR) is 40.8 cm³/mol. The molecular weight excluding hydrogens is 116 g/mol. The van der Waals surface area contributed by atoms with Gasteiger partial charge >= 0.3 is 0 Å². The summed E-state index contributed by atoms with van der Waals surface area (Å²) in [4.78, 5) is 0. The molecule has 1 heteroatoms. The van der Waals surface area contributed by atoms with Crippen LogP contribution in [0, 0.1) is 11.2 Å². The molecule has 0 fully saturated rings. The van der Waals surface area contributed by atoms with E-state index in [4.69, 9.17) is 0 Å². The highest BCUT2D eigenvalue weighted by Gasteiger charge is 1.74. The highest BCUT2D eigenvalue weighted by atomic mass is 32.2. The van der Waals surface area contributed by atoms with Crippen molar-refractivity contribution in [3.8, 4) is 11.2 Å². The molecule has 0 radical (unpaired) electrons. The summed E-state index contributed by atoms with van der Waals surface area (Å²) in [6.07, 6.45) is 2.21. The van der Waals surface area contributed by atoms with E-state index < -0.39 is 0 Å². The Balaban J connectivity index is 2.90. The van der Waals surface area contributed by atoms with Crippen LogP contribution in [0.25, 0.3) is 0 Å². The highest BCUT2D eigenvalue weighted by molar-refractivity contribution is 8.03. The number of rotatable bonds is 2. The van der Waals surface area contributed by atoms with Gasteiger partial charge in [-0.2, -0.15) is 0 Å². The maximum atomic E-state index is 3.00. The number of hydrogen-bond donors (Lipinski definition) is 0. The third-order valence-electron chi connectivity index (χ3n) is 0.627. The normalized spacial score (nSPS) is 7.75. The van der Waals surface area contributed by atoms with Crippen LogP contribution in [0.4, 0.5) is 0 Å². The summed E-state index contributed by atoms with van der Waals surface area (Å²) >= 11 is 1.72. The van der Waals surface area contributed by atoms with Crippen molar-refractivity contribution >= 4 is 11.8 Å². The SMILES string of the molecule is CCC#CSCCC. The first-order chi connectivity index (χ1) is 3.91. The van der Waals surface area contributed by atoms with Gasteiger partial charge in [-0.25, -0.2) is 0 Å². The number of thioether (sulfide) groups is 1. The zero-order valence-corrected chi connectivity index (χ0v) is 6.35. The summed E-state index contributed by atoms with van der Waals surface area (Å²) in [6, 6.07) is 0. The monoisotopic (exact) mass is 128 g/mol. The van der Waals surface area contributed by atoms with Crippen molar-refractivity contribution < 1.29 is 0 Å². The molecule has 0 rings (SSSR count). The van der Waals surface area contributed by atoms with E-state index in [1.54, 1.807) is 11.8 Å². The fourth-order valence-electron chi connectivity index (χ4n) is 0.276. The van der Waals surface area contributed by atoms with Crippen molar-refractivity contribution in [2.45, 2.75) is 26.7 Å². The Morgan fingerprint density at radius 2 is 2.12 bits per heavy atom. The van der Waals surface area contributed by atoms with Gasteiger partial charge in [0.1, 0.15) is 0 Å². The summed E-state index contributed by atoms with van der Waals surface area (Å²) in [5.74, 6) is 4.17. The second-order valence-corrected chi connectivity index (χ2v) is 2.38. The molecule has 0 N–H and O–H groups in total. The van der Waals surface area contributed by atoms with Gasteiger partial charge in [0.05, 0.1) is 0 Å². The molecule has 46 valence electrons. The van der Waals surface area contributed by atoms with Gasteiger partial charge in [0.2, 0.25) is 0 Å². The molecule has 0 unspecified atom stereocenters. The summed E-state index contributed by atoms with van der Waals surface area (Å²) < 4.78 is 0. The Kier molecular flexibility index (Phi) is 6.83. The Labute approximate surface area is 56.1 Å². The quantitative estimate of drug-likeness (QED) is 0.407. The van der Waals surface area contributed by atoms with Gasteiger partial charge in [0.25, 0.3) is 0 Å². The van der Waals surface area contributed by atoms with Crippen LogP contribution in [-0.4, -0.2) is 5.75 Å². The third-order valence-corrected chi connectivity index (χ3v) is 1.53. The third kappa shape index (κ3) is 5.91. The van der Waals surface area contributed by atoms with Gasteiger partial charge in [-0.3, -0.25) is 0 Å². The van der Waals surface area contributed by atoms with E-state index >= 15 is 0 Å². The van der Waals surface area contributed by atoms with Gasteiger partial charge in [0, 0.05) is 12.2 Å². The Hall–Kier alpha value is -0.0900. The molecule has 0 saturated heterocycles. The van der Waals surface area contributed by atoms with Gasteiger partial charge in [-0.05, 0) is 11.7 Å². The molecule has 0 atom stereocenters. The molecule has 0 aromatic carbocycles. The van der Waals surface area contributed by atoms with Crippen LogP contribution in [-0.2, 0) is 0 Å². The molecule has 0 amide bonds. The molecule has 0 aliphatic heterocycles. The average Bonchev–Trinajstić information content (AvgIpc) is 1.81. The van der Waals surface area contributed by atoms with Gasteiger partial charge < -0.3 is 0 Å². The van der Waals surface area contributed by atoms with E-state index in [0.717, 1.165) is 6.42 Å². The largest absolute Gasteiger partial charge is 0.0916 e. The molecule has 0 spiro atoms. The van der Waals surface area contributed by atoms with Crippen LogP contribution in [0.2, 0.25) is 0 Å². The van der Waals surface area contributed by atoms with E-state index in [9.17, 15) is 0 Å². The van der Waals surface area contributed by atoms with Crippen LogP contribution < -0.4 is 0 Å². The molecule has 0 nitrogen and oxygen atoms in total. The second-order valence-electron chi connectivity index (χ2n) is 1.48. The highest BCUT2D eigenvalue weighted by Crippen LogP contribution is 1.97. The zero-order valence-electron chi connectivity index (χ0n) is 5.53. The van der Waals surface area contributed by atoms with E-state index in [1.165, 1.54) is 12.2 Å². The summed E-state index contributed by atoms with van der Waals surface area (Å²) in [5, 5.41) is 3.00. The van der Waals surface area contributed by atoms with Crippen LogP contribution >= 0.6 is 11.8 Å². The molecule has 0 aromatic rings. The molecule has 0 heterocycles. The number of hydrogen-bond acceptors (Lipinski definition) is 1. The minimum Gasteiger partial charge on any atom is -0.0916 e. The van der Waals surface area contributed by atoms with Crippen LogP contribution in [0.3, 0.4) is 0 Å². The van der Waals surface area contributed by atoms with Gasteiger partial charge in [-0.15, -0.1) is 0 Å². The summed E-state index contributed by atoms with van der Waals surface area (Å²) in [7, 11) is 0. The maximum Gasteiger partial charge on any atom is 0.00692 e. The smallest absolute Gasteiger partial charge is 0.00692 e. The fourth-order valence-corrected chi connectivity index (χ4v) is 0.829. The van der Waals surface area contributed by atoms with E-state index in [-0.39, 0.29) is 0 Å².